The molecule has 1 N–H and O–H groups in total. The molecule has 2 rings (SSSR count). The van der Waals surface area contributed by atoms with Gasteiger partial charge in [0.15, 0.2) is 0 Å². The number of nitrogens with one attached hydrogen (secondary N) is 1. The van der Waals surface area contributed by atoms with Crippen molar-refractivity contribution in [1.82, 2.24) is 10.2 Å². The minimum Gasteiger partial charge on any atom is -0.314 e. The normalized spacial score (nSPS) is 18.4. The van der Waals surface area contributed by atoms with E-state index in [2.05, 4.69) is 21.2 Å². The van der Waals surface area contributed by atoms with Gasteiger partial charge in [-0.15, -0.1) is 12.4 Å². The van der Waals surface area contributed by atoms with Crippen molar-refractivity contribution in [2.24, 2.45) is 0 Å². The van der Waals surface area contributed by atoms with Gasteiger partial charge in [0.05, 0.1) is 6.42 Å². The van der Waals surface area contributed by atoms with E-state index in [1.807, 2.05) is 11.0 Å². The van der Waals surface area contributed by atoms with Crippen molar-refractivity contribution in [2.45, 2.75) is 18.6 Å². The highest BCUT2D eigenvalue weighted by atomic mass is 79.9. The Labute approximate surface area is 131 Å². The highest BCUT2D eigenvalue weighted by Gasteiger charge is 2.36. The van der Waals surface area contributed by atoms with Gasteiger partial charge >= 0.3 is 6.18 Å². The molecule has 0 spiro atoms. The Balaban J connectivity index is 0.00000200. The second-order valence-electron chi connectivity index (χ2n) is 4.64. The summed E-state index contributed by atoms with van der Waals surface area (Å²) in [5.74, 6) is 0. The average Bonchev–Trinajstić information content (AvgIpc) is 2.37. The zero-order valence-corrected chi connectivity index (χ0v) is 13.2. The fourth-order valence-electron chi connectivity index (χ4n) is 2.39. The molecule has 0 aromatic heterocycles. The van der Waals surface area contributed by atoms with Gasteiger partial charge in [0.2, 0.25) is 0 Å². The monoisotopic (exact) mass is 372 g/mol. The molecule has 1 heterocycles. The van der Waals surface area contributed by atoms with Crippen LogP contribution >= 0.6 is 28.3 Å². The van der Waals surface area contributed by atoms with Gasteiger partial charge in [-0.1, -0.05) is 34.1 Å². The fourth-order valence-corrected chi connectivity index (χ4v) is 2.94. The van der Waals surface area contributed by atoms with Crippen molar-refractivity contribution in [3.8, 4) is 0 Å². The third-order valence-corrected chi connectivity index (χ3v) is 4.00. The number of benzene rings is 1. The molecule has 0 amide bonds. The van der Waals surface area contributed by atoms with Crippen molar-refractivity contribution in [3.05, 3.63) is 34.3 Å². The summed E-state index contributed by atoms with van der Waals surface area (Å²) in [5, 5.41) is 3.16. The molecule has 1 fully saturated rings. The van der Waals surface area contributed by atoms with Crippen molar-refractivity contribution in [2.75, 3.05) is 26.2 Å². The Kier molecular flexibility index (Phi) is 6.78. The highest BCUT2D eigenvalue weighted by molar-refractivity contribution is 9.10. The molecule has 0 bridgehead atoms. The fraction of sp³-hybridized carbons (Fsp3) is 0.538. The number of hydrogen-bond acceptors (Lipinski definition) is 2. The molecule has 0 radical (unpaired) electrons. The average molecular weight is 374 g/mol. The summed E-state index contributed by atoms with van der Waals surface area (Å²) in [6.07, 6.45) is -4.97. The van der Waals surface area contributed by atoms with Crippen LogP contribution < -0.4 is 5.32 Å². The van der Waals surface area contributed by atoms with Crippen LogP contribution in [-0.2, 0) is 0 Å². The predicted molar refractivity (Wildman–Crippen MR) is 79.2 cm³/mol. The summed E-state index contributed by atoms with van der Waals surface area (Å²) in [4.78, 5) is 1.91. The summed E-state index contributed by atoms with van der Waals surface area (Å²) in [6, 6.07) is 6.54. The van der Waals surface area contributed by atoms with Gasteiger partial charge in [0, 0.05) is 36.7 Å². The molecule has 1 aliphatic rings. The lowest BCUT2D eigenvalue weighted by Crippen LogP contribution is -2.46. The summed E-state index contributed by atoms with van der Waals surface area (Å²) >= 11 is 3.36. The number of piperazine rings is 1. The van der Waals surface area contributed by atoms with Gasteiger partial charge in [-0.25, -0.2) is 0 Å². The molecule has 1 aromatic rings. The number of alkyl halides is 3. The second-order valence-corrected chi connectivity index (χ2v) is 5.50. The number of nitrogens with zero attached hydrogens (tertiary/aromatic N) is 1. The molecule has 20 heavy (non-hydrogen) atoms. The Morgan fingerprint density at radius 3 is 2.35 bits per heavy atom. The zero-order chi connectivity index (χ0) is 13.9. The van der Waals surface area contributed by atoms with Crippen LogP contribution in [0.1, 0.15) is 18.0 Å². The lowest BCUT2D eigenvalue weighted by molar-refractivity contribution is -0.148. The van der Waals surface area contributed by atoms with Crippen LogP contribution in [0, 0.1) is 0 Å². The van der Waals surface area contributed by atoms with Crippen LogP contribution in [0.3, 0.4) is 0 Å². The quantitative estimate of drug-likeness (QED) is 0.868. The molecule has 0 aliphatic carbocycles. The van der Waals surface area contributed by atoms with Crippen LogP contribution in [-0.4, -0.2) is 37.3 Å². The maximum absolute atomic E-state index is 12.8. The van der Waals surface area contributed by atoms with E-state index in [1.165, 1.54) is 0 Å². The van der Waals surface area contributed by atoms with Crippen LogP contribution in [0.15, 0.2) is 28.7 Å². The van der Waals surface area contributed by atoms with E-state index in [1.54, 1.807) is 18.2 Å². The Morgan fingerprint density at radius 2 is 1.80 bits per heavy atom. The second kappa shape index (κ2) is 7.64. The lowest BCUT2D eigenvalue weighted by Gasteiger charge is -2.36. The molecule has 0 saturated carbocycles. The van der Waals surface area contributed by atoms with Gasteiger partial charge < -0.3 is 5.32 Å². The van der Waals surface area contributed by atoms with Crippen LogP contribution in [0.2, 0.25) is 0 Å². The minimum absolute atomic E-state index is 0. The molecule has 1 saturated heterocycles. The molecule has 1 aromatic carbocycles. The predicted octanol–water partition coefficient (Wildman–Crippen LogP) is 3.77. The zero-order valence-electron chi connectivity index (χ0n) is 10.8. The maximum atomic E-state index is 12.8. The van der Waals surface area contributed by atoms with Gasteiger partial charge in [0.1, 0.15) is 0 Å². The van der Waals surface area contributed by atoms with E-state index >= 15 is 0 Å². The number of rotatable bonds is 3. The molecular weight excluding hydrogens is 357 g/mol. The molecular formula is C13H17BrClF3N2. The lowest BCUT2D eigenvalue weighted by atomic mass is 10.0. The maximum Gasteiger partial charge on any atom is 0.390 e. The molecule has 2 nitrogen and oxygen atoms in total. The SMILES string of the molecule is Cl.FC(F)(F)C[C@H](c1ccccc1Br)N1CCNCC1. The summed E-state index contributed by atoms with van der Waals surface area (Å²) < 4.78 is 39.2. The first-order valence-electron chi connectivity index (χ1n) is 6.23. The van der Waals surface area contributed by atoms with Gasteiger partial charge in [-0.05, 0) is 11.6 Å². The third-order valence-electron chi connectivity index (χ3n) is 3.28. The van der Waals surface area contributed by atoms with E-state index in [-0.39, 0.29) is 12.4 Å². The topological polar surface area (TPSA) is 15.3 Å². The van der Waals surface area contributed by atoms with Crippen LogP contribution in [0.4, 0.5) is 13.2 Å². The van der Waals surface area contributed by atoms with Crippen LogP contribution in [0.5, 0.6) is 0 Å². The molecule has 7 heteroatoms. The van der Waals surface area contributed by atoms with E-state index < -0.39 is 18.6 Å². The van der Waals surface area contributed by atoms with E-state index in [0.717, 1.165) is 17.6 Å². The Hall–Kier alpha value is -0.300. The number of halogens is 5. The van der Waals surface area contributed by atoms with Crippen molar-refractivity contribution in [3.63, 3.8) is 0 Å². The third kappa shape index (κ3) is 4.91. The first-order chi connectivity index (χ1) is 8.97. The Bertz CT molecular complexity index is 422. The van der Waals surface area contributed by atoms with E-state index in [0.29, 0.717) is 18.7 Å². The smallest absolute Gasteiger partial charge is 0.314 e. The van der Waals surface area contributed by atoms with E-state index in [9.17, 15) is 13.2 Å². The molecule has 1 aliphatic heterocycles. The largest absolute Gasteiger partial charge is 0.390 e. The number of hydrogen-bond donors (Lipinski definition) is 1. The van der Waals surface area contributed by atoms with Crippen molar-refractivity contribution in [1.29, 1.82) is 0 Å². The van der Waals surface area contributed by atoms with Crippen molar-refractivity contribution >= 4 is 28.3 Å². The van der Waals surface area contributed by atoms with Crippen molar-refractivity contribution < 1.29 is 13.2 Å². The van der Waals surface area contributed by atoms with Gasteiger partial charge in [-0.3, -0.25) is 4.90 Å². The summed E-state index contributed by atoms with van der Waals surface area (Å²) in [5.41, 5.74) is 0.710. The van der Waals surface area contributed by atoms with Gasteiger partial charge in [0.25, 0.3) is 0 Å². The summed E-state index contributed by atoms with van der Waals surface area (Å²) in [6.45, 7) is 2.75. The Morgan fingerprint density at radius 1 is 1.20 bits per heavy atom. The minimum atomic E-state index is -4.16. The molecule has 1 atom stereocenters. The van der Waals surface area contributed by atoms with Crippen LogP contribution in [0.25, 0.3) is 0 Å². The first-order valence-corrected chi connectivity index (χ1v) is 7.02. The molecule has 114 valence electrons. The highest BCUT2D eigenvalue weighted by Crippen LogP contribution is 2.36. The molecule has 0 unspecified atom stereocenters. The van der Waals surface area contributed by atoms with E-state index in [4.69, 9.17) is 0 Å². The first kappa shape index (κ1) is 17.8. The van der Waals surface area contributed by atoms with Gasteiger partial charge in [-0.2, -0.15) is 13.2 Å². The standard InChI is InChI=1S/C13H16BrF3N2.ClH/c14-11-4-2-1-3-10(11)12(9-13(15,16)17)19-7-5-18-6-8-19;/h1-4,12,18H,5-9H2;1H/t12-;/m1./s1. The summed E-state index contributed by atoms with van der Waals surface area (Å²) in [7, 11) is 0.